The largest absolute Gasteiger partial charge is 0.310 e. The number of halogens is 2. The SMILES string of the molecule is O=C1[CH]C2CCC([CH]C(=O)N1c1cc(Cl)cc(Cl)c1)N2. The van der Waals surface area contributed by atoms with E-state index in [4.69, 9.17) is 23.2 Å². The third-order valence-electron chi connectivity index (χ3n) is 3.45. The highest BCUT2D eigenvalue weighted by Gasteiger charge is 2.36. The van der Waals surface area contributed by atoms with Gasteiger partial charge in [0.15, 0.2) is 0 Å². The van der Waals surface area contributed by atoms with Gasteiger partial charge in [-0.3, -0.25) is 9.59 Å². The molecule has 2 bridgehead atoms. The summed E-state index contributed by atoms with van der Waals surface area (Å²) in [6, 6.07) is 4.69. The fraction of sp³-hybridized carbons (Fsp3) is 0.286. The first-order chi connectivity index (χ1) is 9.52. The molecule has 0 aliphatic carbocycles. The Morgan fingerprint density at radius 1 is 0.950 bits per heavy atom. The van der Waals surface area contributed by atoms with Crippen LogP contribution in [0.3, 0.4) is 0 Å². The molecule has 2 unspecified atom stereocenters. The summed E-state index contributed by atoms with van der Waals surface area (Å²) in [5, 5.41) is 3.99. The Hall–Kier alpha value is -1.10. The number of hydrogen-bond acceptors (Lipinski definition) is 3. The number of benzene rings is 1. The second-order valence-electron chi connectivity index (χ2n) is 4.93. The van der Waals surface area contributed by atoms with E-state index in [9.17, 15) is 9.59 Å². The third-order valence-corrected chi connectivity index (χ3v) is 3.89. The van der Waals surface area contributed by atoms with Gasteiger partial charge in [0.2, 0.25) is 11.8 Å². The fourth-order valence-corrected chi connectivity index (χ4v) is 3.10. The number of anilines is 1. The predicted molar refractivity (Wildman–Crippen MR) is 77.5 cm³/mol. The molecule has 2 heterocycles. The number of carbonyl (C=O) groups is 2. The van der Waals surface area contributed by atoms with Crippen LogP contribution in [0.1, 0.15) is 12.8 Å². The van der Waals surface area contributed by atoms with Crippen molar-refractivity contribution in [1.82, 2.24) is 5.32 Å². The molecular weight excluding hydrogens is 299 g/mol. The minimum atomic E-state index is -0.359. The van der Waals surface area contributed by atoms with E-state index in [0.29, 0.717) is 15.7 Å². The molecule has 1 aromatic rings. The Labute approximate surface area is 127 Å². The molecule has 2 radical (unpaired) electrons. The molecule has 2 aliphatic rings. The Balaban J connectivity index is 1.96. The molecule has 1 N–H and O–H groups in total. The van der Waals surface area contributed by atoms with E-state index in [0.717, 1.165) is 17.7 Å². The summed E-state index contributed by atoms with van der Waals surface area (Å²) in [6.45, 7) is 0. The van der Waals surface area contributed by atoms with Crippen molar-refractivity contribution in [2.45, 2.75) is 24.9 Å². The molecule has 6 heteroatoms. The van der Waals surface area contributed by atoms with Crippen LogP contribution in [0.15, 0.2) is 18.2 Å². The summed E-state index contributed by atoms with van der Waals surface area (Å²) >= 11 is 11.9. The minimum absolute atomic E-state index is 0.00834. The molecule has 4 nitrogen and oxygen atoms in total. The van der Waals surface area contributed by atoms with Crippen molar-refractivity contribution in [3.63, 3.8) is 0 Å². The fourth-order valence-electron chi connectivity index (χ4n) is 2.59. The number of nitrogens with zero attached hydrogens (tertiary/aromatic N) is 1. The number of imide groups is 1. The van der Waals surface area contributed by atoms with Gasteiger partial charge >= 0.3 is 0 Å². The molecule has 1 aromatic carbocycles. The molecule has 0 aromatic heterocycles. The van der Waals surface area contributed by atoms with E-state index in [-0.39, 0.29) is 23.9 Å². The monoisotopic (exact) mass is 310 g/mol. The first-order valence-electron chi connectivity index (χ1n) is 6.33. The summed E-state index contributed by atoms with van der Waals surface area (Å²) in [6.07, 6.45) is 4.79. The van der Waals surface area contributed by atoms with Gasteiger partial charge in [-0.15, -0.1) is 0 Å². The highest BCUT2D eigenvalue weighted by atomic mass is 35.5. The van der Waals surface area contributed by atoms with Crippen molar-refractivity contribution in [1.29, 1.82) is 0 Å². The summed E-state index contributed by atoms with van der Waals surface area (Å²) < 4.78 is 0. The molecule has 2 amide bonds. The van der Waals surface area contributed by atoms with Crippen molar-refractivity contribution in [2.24, 2.45) is 0 Å². The van der Waals surface area contributed by atoms with Crippen LogP contribution in [0.25, 0.3) is 0 Å². The van der Waals surface area contributed by atoms with Crippen LogP contribution < -0.4 is 10.2 Å². The predicted octanol–water partition coefficient (Wildman–Crippen LogP) is 2.40. The second kappa shape index (κ2) is 5.35. The number of nitrogens with one attached hydrogen (secondary N) is 1. The molecular formula is C14H12Cl2N2O2. The molecule has 0 spiro atoms. The quantitative estimate of drug-likeness (QED) is 0.810. The van der Waals surface area contributed by atoms with E-state index in [1.165, 1.54) is 0 Å². The van der Waals surface area contributed by atoms with Crippen molar-refractivity contribution in [2.75, 3.05) is 4.90 Å². The average Bonchev–Trinajstić information content (AvgIpc) is 2.74. The maximum atomic E-state index is 12.3. The first kappa shape index (κ1) is 13.9. The van der Waals surface area contributed by atoms with E-state index in [1.54, 1.807) is 31.0 Å². The van der Waals surface area contributed by atoms with Crippen LogP contribution >= 0.6 is 23.2 Å². The van der Waals surface area contributed by atoms with Crippen molar-refractivity contribution in [3.8, 4) is 0 Å². The standard InChI is InChI=1S/C14H12Cl2N2O2/c15-8-3-9(16)5-12(4-8)18-13(19)6-10-1-2-11(17-10)7-14(18)20/h3-7,10-11,17H,1-2H2. The number of carbonyl (C=O) groups excluding carboxylic acids is 2. The lowest BCUT2D eigenvalue weighted by Gasteiger charge is -2.26. The van der Waals surface area contributed by atoms with E-state index >= 15 is 0 Å². The lowest BCUT2D eigenvalue weighted by molar-refractivity contribution is -0.123. The number of rotatable bonds is 1. The Morgan fingerprint density at radius 3 is 1.95 bits per heavy atom. The molecule has 20 heavy (non-hydrogen) atoms. The van der Waals surface area contributed by atoms with Gasteiger partial charge in [0.05, 0.1) is 18.5 Å². The number of amides is 2. The maximum Gasteiger partial charge on any atom is 0.239 e. The van der Waals surface area contributed by atoms with Gasteiger partial charge in [-0.25, -0.2) is 4.90 Å². The van der Waals surface area contributed by atoms with Gasteiger partial charge in [-0.1, -0.05) is 23.2 Å². The first-order valence-corrected chi connectivity index (χ1v) is 7.08. The van der Waals surface area contributed by atoms with Crippen LogP contribution in [0.4, 0.5) is 5.69 Å². The van der Waals surface area contributed by atoms with Gasteiger partial charge < -0.3 is 5.32 Å². The Morgan fingerprint density at radius 2 is 1.45 bits per heavy atom. The van der Waals surface area contributed by atoms with Gasteiger partial charge in [0.25, 0.3) is 0 Å². The molecule has 2 saturated heterocycles. The zero-order valence-electron chi connectivity index (χ0n) is 10.5. The van der Waals surface area contributed by atoms with Gasteiger partial charge in [0.1, 0.15) is 0 Å². The molecule has 0 saturated carbocycles. The molecule has 104 valence electrons. The van der Waals surface area contributed by atoms with Gasteiger partial charge in [-0.05, 0) is 31.0 Å². The van der Waals surface area contributed by atoms with Crippen molar-refractivity contribution >= 4 is 40.7 Å². The smallest absolute Gasteiger partial charge is 0.239 e. The molecule has 2 aliphatic heterocycles. The second-order valence-corrected chi connectivity index (χ2v) is 5.80. The van der Waals surface area contributed by atoms with Crippen molar-refractivity contribution in [3.05, 3.63) is 41.1 Å². The lowest BCUT2D eigenvalue weighted by Crippen LogP contribution is -2.47. The normalized spacial score (nSPS) is 26.6. The summed E-state index contributed by atoms with van der Waals surface area (Å²) in [5.74, 6) is -0.718. The lowest BCUT2D eigenvalue weighted by atomic mass is 10.1. The number of fused-ring (bicyclic) bond motifs is 2. The van der Waals surface area contributed by atoms with Crippen LogP contribution in [-0.2, 0) is 9.59 Å². The van der Waals surface area contributed by atoms with Crippen LogP contribution in [0, 0.1) is 12.8 Å². The summed E-state index contributed by atoms with van der Waals surface area (Å²) in [5.41, 5.74) is 0.395. The third kappa shape index (κ3) is 2.68. The van der Waals surface area contributed by atoms with Gasteiger partial charge in [0, 0.05) is 22.1 Å². The van der Waals surface area contributed by atoms with Crippen LogP contribution in [0.2, 0.25) is 10.0 Å². The molecule has 3 rings (SSSR count). The van der Waals surface area contributed by atoms with Crippen LogP contribution in [-0.4, -0.2) is 23.9 Å². The summed E-state index contributed by atoms with van der Waals surface area (Å²) in [7, 11) is 0. The summed E-state index contributed by atoms with van der Waals surface area (Å²) in [4.78, 5) is 25.7. The molecule has 2 fully saturated rings. The zero-order valence-corrected chi connectivity index (χ0v) is 12.0. The van der Waals surface area contributed by atoms with Gasteiger partial charge in [-0.2, -0.15) is 0 Å². The van der Waals surface area contributed by atoms with E-state index in [1.807, 2.05) is 0 Å². The highest BCUT2D eigenvalue weighted by molar-refractivity contribution is 6.35. The maximum absolute atomic E-state index is 12.3. The Kier molecular flexibility index (Phi) is 3.71. The Bertz CT molecular complexity index is 532. The van der Waals surface area contributed by atoms with Crippen LogP contribution in [0.5, 0.6) is 0 Å². The number of hydrogen-bond donors (Lipinski definition) is 1. The minimum Gasteiger partial charge on any atom is -0.310 e. The molecule has 2 atom stereocenters. The van der Waals surface area contributed by atoms with Crippen molar-refractivity contribution < 1.29 is 9.59 Å². The topological polar surface area (TPSA) is 49.4 Å². The highest BCUT2D eigenvalue weighted by Crippen LogP contribution is 2.29. The zero-order chi connectivity index (χ0) is 14.3. The van der Waals surface area contributed by atoms with E-state index in [2.05, 4.69) is 5.32 Å². The average molecular weight is 311 g/mol. The van der Waals surface area contributed by atoms with E-state index < -0.39 is 0 Å².